The number of carbonyl (C=O) groups is 1. The van der Waals surface area contributed by atoms with Crippen LogP contribution >= 0.6 is 11.6 Å². The van der Waals surface area contributed by atoms with Gasteiger partial charge in [-0.05, 0) is 57.2 Å². The first-order valence-corrected chi connectivity index (χ1v) is 8.99. The summed E-state index contributed by atoms with van der Waals surface area (Å²) in [6, 6.07) is 11.2. The largest absolute Gasteiger partial charge is 0.354 e. The van der Waals surface area contributed by atoms with Crippen molar-refractivity contribution in [2.24, 2.45) is 0 Å². The van der Waals surface area contributed by atoms with E-state index in [0.29, 0.717) is 35.0 Å². The molecule has 5 nitrogen and oxygen atoms in total. The predicted molar refractivity (Wildman–Crippen MR) is 106 cm³/mol. The van der Waals surface area contributed by atoms with Crippen molar-refractivity contribution in [2.75, 3.05) is 18.4 Å². The van der Waals surface area contributed by atoms with Gasteiger partial charge in [0.15, 0.2) is 5.65 Å². The Morgan fingerprint density at radius 1 is 1.12 bits per heavy atom. The molecule has 0 bridgehead atoms. The molecule has 1 N–H and O–H groups in total. The van der Waals surface area contributed by atoms with Crippen molar-refractivity contribution < 1.29 is 4.79 Å². The third-order valence-electron chi connectivity index (χ3n) is 4.26. The van der Waals surface area contributed by atoms with E-state index in [1.807, 2.05) is 57.2 Å². The van der Waals surface area contributed by atoms with E-state index in [-0.39, 0.29) is 5.91 Å². The highest BCUT2D eigenvalue weighted by atomic mass is 35.5. The number of nitrogens with one attached hydrogen (secondary N) is 1. The van der Waals surface area contributed by atoms with Crippen molar-refractivity contribution in [1.29, 1.82) is 0 Å². The van der Waals surface area contributed by atoms with Crippen LogP contribution in [-0.4, -0.2) is 33.9 Å². The normalized spacial score (nSPS) is 10.8. The third kappa shape index (κ3) is 3.63. The van der Waals surface area contributed by atoms with Crippen LogP contribution in [0.3, 0.4) is 0 Å². The molecule has 0 aliphatic heterocycles. The Balaban J connectivity index is 2.15. The van der Waals surface area contributed by atoms with Crippen LogP contribution in [0.1, 0.15) is 29.9 Å². The van der Waals surface area contributed by atoms with Crippen LogP contribution in [0, 0.1) is 6.92 Å². The zero-order valence-electron chi connectivity index (χ0n) is 15.1. The highest BCUT2D eigenvalue weighted by molar-refractivity contribution is 6.30. The zero-order valence-corrected chi connectivity index (χ0v) is 15.8. The molecule has 3 aromatic rings. The second-order valence-corrected chi connectivity index (χ2v) is 6.42. The van der Waals surface area contributed by atoms with Gasteiger partial charge in [0.05, 0.1) is 11.3 Å². The summed E-state index contributed by atoms with van der Waals surface area (Å²) in [6.07, 6.45) is 1.60. The summed E-state index contributed by atoms with van der Waals surface area (Å²) in [6.45, 7) is 7.13. The zero-order chi connectivity index (χ0) is 18.7. The molecule has 26 heavy (non-hydrogen) atoms. The molecule has 0 saturated carbocycles. The average molecular weight is 369 g/mol. The first-order chi connectivity index (χ1) is 12.5. The Hall–Kier alpha value is -2.66. The minimum absolute atomic E-state index is 0.0542. The molecular weight excluding hydrogens is 348 g/mol. The molecular formula is C20H21ClN4O. The molecule has 0 aliphatic rings. The van der Waals surface area contributed by atoms with E-state index in [4.69, 9.17) is 11.6 Å². The van der Waals surface area contributed by atoms with Crippen LogP contribution in [0.2, 0.25) is 5.02 Å². The molecule has 0 aliphatic carbocycles. The Bertz CT molecular complexity index is 936. The molecule has 6 heteroatoms. The summed E-state index contributed by atoms with van der Waals surface area (Å²) in [7, 11) is 0. The molecule has 1 amide bonds. The first-order valence-electron chi connectivity index (χ1n) is 8.61. The lowest BCUT2D eigenvalue weighted by atomic mass is 10.1. The number of hydrogen-bond acceptors (Lipinski definition) is 4. The lowest BCUT2D eigenvalue weighted by molar-refractivity contribution is 0.0774. The summed E-state index contributed by atoms with van der Waals surface area (Å²) in [5.41, 5.74) is 3.57. The van der Waals surface area contributed by atoms with Crippen molar-refractivity contribution in [3.63, 3.8) is 0 Å². The van der Waals surface area contributed by atoms with Gasteiger partial charge >= 0.3 is 0 Å². The summed E-state index contributed by atoms with van der Waals surface area (Å²) in [5, 5.41) is 4.83. The first kappa shape index (κ1) is 18.1. The van der Waals surface area contributed by atoms with E-state index in [1.54, 1.807) is 11.1 Å². The molecule has 1 aromatic carbocycles. The van der Waals surface area contributed by atoms with Crippen LogP contribution in [0.4, 0.5) is 11.4 Å². The number of amides is 1. The fraction of sp³-hybridized carbons (Fsp3) is 0.250. The van der Waals surface area contributed by atoms with Crippen LogP contribution < -0.4 is 5.32 Å². The summed E-state index contributed by atoms with van der Waals surface area (Å²) < 4.78 is 0. The third-order valence-corrected chi connectivity index (χ3v) is 4.52. The molecule has 0 radical (unpaired) electrons. The highest BCUT2D eigenvalue weighted by Crippen LogP contribution is 2.30. The number of halogens is 1. The molecule has 2 aromatic heterocycles. The number of aryl methyl sites for hydroxylation is 1. The van der Waals surface area contributed by atoms with E-state index in [0.717, 1.165) is 16.8 Å². The number of fused-ring (bicyclic) bond motifs is 1. The average Bonchev–Trinajstić information content (AvgIpc) is 2.64. The summed E-state index contributed by atoms with van der Waals surface area (Å²) >= 11 is 5.98. The minimum Gasteiger partial charge on any atom is -0.354 e. The predicted octanol–water partition coefficient (Wildman–Crippen LogP) is 4.82. The van der Waals surface area contributed by atoms with Gasteiger partial charge in [-0.3, -0.25) is 4.79 Å². The summed E-state index contributed by atoms with van der Waals surface area (Å²) in [4.78, 5) is 23.7. The number of anilines is 2. The minimum atomic E-state index is -0.0542. The van der Waals surface area contributed by atoms with Gasteiger partial charge in [-0.15, -0.1) is 0 Å². The molecule has 0 atom stereocenters. The van der Waals surface area contributed by atoms with Crippen molar-refractivity contribution in [1.82, 2.24) is 14.9 Å². The van der Waals surface area contributed by atoms with Gasteiger partial charge in [-0.25, -0.2) is 9.97 Å². The van der Waals surface area contributed by atoms with Gasteiger partial charge in [0, 0.05) is 41.1 Å². The fourth-order valence-corrected chi connectivity index (χ4v) is 2.95. The van der Waals surface area contributed by atoms with Crippen LogP contribution in [0.15, 0.2) is 42.6 Å². The topological polar surface area (TPSA) is 58.1 Å². The van der Waals surface area contributed by atoms with Crippen LogP contribution in [0.25, 0.3) is 11.0 Å². The maximum Gasteiger partial charge on any atom is 0.257 e. The standard InChI is InChI=1S/C20H21ClN4O/c1-4-25(5-2)20(26)17-12-22-19-16(11-6-13(3)23-19)18(17)24-15-9-7-14(21)8-10-15/h6-12H,4-5H2,1-3H3,(H,22,23,24). The lowest BCUT2D eigenvalue weighted by Gasteiger charge is -2.21. The Morgan fingerprint density at radius 2 is 1.81 bits per heavy atom. The monoisotopic (exact) mass is 368 g/mol. The molecule has 134 valence electrons. The number of pyridine rings is 2. The lowest BCUT2D eigenvalue weighted by Crippen LogP contribution is -2.31. The van der Waals surface area contributed by atoms with Crippen LogP contribution in [0.5, 0.6) is 0 Å². The number of hydrogen-bond donors (Lipinski definition) is 1. The van der Waals surface area contributed by atoms with Gasteiger partial charge in [0.2, 0.25) is 0 Å². The summed E-state index contributed by atoms with van der Waals surface area (Å²) in [5.74, 6) is -0.0542. The van der Waals surface area contributed by atoms with Gasteiger partial charge in [0.1, 0.15) is 0 Å². The van der Waals surface area contributed by atoms with E-state index < -0.39 is 0 Å². The molecule has 3 rings (SSSR count). The van der Waals surface area contributed by atoms with Gasteiger partial charge in [-0.2, -0.15) is 0 Å². The van der Waals surface area contributed by atoms with Crippen molar-refractivity contribution in [3.8, 4) is 0 Å². The second-order valence-electron chi connectivity index (χ2n) is 5.98. The van der Waals surface area contributed by atoms with Crippen LogP contribution in [-0.2, 0) is 0 Å². The van der Waals surface area contributed by atoms with Crippen molar-refractivity contribution in [3.05, 3.63) is 58.9 Å². The fourth-order valence-electron chi connectivity index (χ4n) is 2.83. The second kappa shape index (κ2) is 7.70. The number of nitrogens with zero attached hydrogens (tertiary/aromatic N) is 3. The maximum atomic E-state index is 13.0. The molecule has 0 spiro atoms. The smallest absolute Gasteiger partial charge is 0.257 e. The van der Waals surface area contributed by atoms with Gasteiger partial charge in [-0.1, -0.05) is 11.6 Å². The molecule has 0 saturated heterocycles. The number of benzene rings is 1. The van der Waals surface area contributed by atoms with Gasteiger partial charge in [0.25, 0.3) is 5.91 Å². The van der Waals surface area contributed by atoms with Gasteiger partial charge < -0.3 is 10.2 Å². The number of carbonyl (C=O) groups excluding carboxylic acids is 1. The Morgan fingerprint density at radius 3 is 2.46 bits per heavy atom. The highest BCUT2D eigenvalue weighted by Gasteiger charge is 2.20. The molecule has 2 heterocycles. The van der Waals surface area contributed by atoms with E-state index in [1.165, 1.54) is 0 Å². The van der Waals surface area contributed by atoms with E-state index >= 15 is 0 Å². The van der Waals surface area contributed by atoms with E-state index in [9.17, 15) is 4.79 Å². The number of aromatic nitrogens is 2. The van der Waals surface area contributed by atoms with Crippen molar-refractivity contribution >= 4 is 39.9 Å². The maximum absolute atomic E-state index is 13.0. The SMILES string of the molecule is CCN(CC)C(=O)c1cnc2nc(C)ccc2c1Nc1ccc(Cl)cc1. The number of rotatable bonds is 5. The van der Waals surface area contributed by atoms with E-state index in [2.05, 4.69) is 15.3 Å². The quantitative estimate of drug-likeness (QED) is 0.701. The Labute approximate surface area is 158 Å². The Kier molecular flexibility index (Phi) is 5.38. The molecule has 0 unspecified atom stereocenters. The van der Waals surface area contributed by atoms with Crippen molar-refractivity contribution in [2.45, 2.75) is 20.8 Å². The molecule has 0 fully saturated rings.